The molecule has 0 radical (unpaired) electrons. The van der Waals surface area contributed by atoms with Crippen LogP contribution < -0.4 is 5.32 Å². The van der Waals surface area contributed by atoms with Gasteiger partial charge in [0.05, 0.1) is 12.8 Å². The predicted octanol–water partition coefficient (Wildman–Crippen LogP) is 4.48. The Bertz CT molecular complexity index is 211. The first-order valence-electron chi connectivity index (χ1n) is 9.01. The highest BCUT2D eigenvalue weighted by Crippen LogP contribution is 2.15. The van der Waals surface area contributed by atoms with Gasteiger partial charge in [-0.1, -0.05) is 71.1 Å². The van der Waals surface area contributed by atoms with Gasteiger partial charge in [0, 0.05) is 13.1 Å². The average Bonchev–Trinajstić information content (AvgIpc) is 2.89. The van der Waals surface area contributed by atoms with Crippen LogP contribution >= 0.6 is 0 Å². The molecule has 0 aromatic rings. The third kappa shape index (κ3) is 8.23. The van der Waals surface area contributed by atoms with Crippen LogP contribution in [0.15, 0.2) is 0 Å². The molecular weight excluding hydrogens is 248 g/mol. The Morgan fingerprint density at radius 1 is 0.900 bits per heavy atom. The molecule has 1 fully saturated rings. The van der Waals surface area contributed by atoms with Crippen LogP contribution in [0.3, 0.4) is 0 Å². The molecule has 0 amide bonds. The van der Waals surface area contributed by atoms with E-state index in [1.165, 1.54) is 70.6 Å². The Kier molecular flexibility index (Phi) is 11.3. The molecule has 120 valence electrons. The molecule has 20 heavy (non-hydrogen) atoms. The topological polar surface area (TPSA) is 24.5 Å². The van der Waals surface area contributed by atoms with Gasteiger partial charge in [-0.3, -0.25) is 10.2 Å². The van der Waals surface area contributed by atoms with Crippen LogP contribution in [0.4, 0.5) is 0 Å². The molecule has 1 saturated heterocycles. The Balaban J connectivity index is 1.84. The van der Waals surface area contributed by atoms with E-state index in [1.54, 1.807) is 0 Å². The van der Waals surface area contributed by atoms with Gasteiger partial charge in [-0.25, -0.2) is 0 Å². The zero-order valence-corrected chi connectivity index (χ0v) is 13.8. The van der Waals surface area contributed by atoms with Gasteiger partial charge in [-0.15, -0.1) is 0 Å². The summed E-state index contributed by atoms with van der Waals surface area (Å²) in [4.78, 5) is 5.63. The first-order valence-corrected chi connectivity index (χ1v) is 9.01. The van der Waals surface area contributed by atoms with Gasteiger partial charge in [-0.2, -0.15) is 5.06 Å². The van der Waals surface area contributed by atoms with Gasteiger partial charge in [0.2, 0.25) is 0 Å². The Labute approximate surface area is 126 Å². The maximum absolute atomic E-state index is 5.63. The van der Waals surface area contributed by atoms with Crippen LogP contribution in [0.2, 0.25) is 0 Å². The predicted molar refractivity (Wildman–Crippen MR) is 86.6 cm³/mol. The number of nitrogens with one attached hydrogen (secondary N) is 1. The molecule has 3 heteroatoms. The SMILES string of the molecule is CCCCCCCCCCCCC1NCCN1OCC. The molecule has 1 N–H and O–H groups in total. The molecular formula is C17H36N2O. The van der Waals surface area contributed by atoms with Crippen molar-refractivity contribution in [2.75, 3.05) is 19.7 Å². The summed E-state index contributed by atoms with van der Waals surface area (Å²) in [5, 5.41) is 5.66. The summed E-state index contributed by atoms with van der Waals surface area (Å²) in [6.45, 7) is 7.25. The van der Waals surface area contributed by atoms with E-state index < -0.39 is 0 Å². The van der Waals surface area contributed by atoms with E-state index in [4.69, 9.17) is 4.84 Å². The molecule has 0 aliphatic carbocycles. The Morgan fingerprint density at radius 3 is 2.10 bits per heavy atom. The van der Waals surface area contributed by atoms with Crippen molar-refractivity contribution < 1.29 is 4.84 Å². The van der Waals surface area contributed by atoms with Crippen molar-refractivity contribution in [3.63, 3.8) is 0 Å². The van der Waals surface area contributed by atoms with Crippen molar-refractivity contribution in [3.05, 3.63) is 0 Å². The second kappa shape index (κ2) is 12.6. The number of hydrogen-bond donors (Lipinski definition) is 1. The van der Waals surface area contributed by atoms with Gasteiger partial charge in [0.1, 0.15) is 0 Å². The molecule has 1 unspecified atom stereocenters. The van der Waals surface area contributed by atoms with Crippen LogP contribution in [-0.2, 0) is 4.84 Å². The van der Waals surface area contributed by atoms with Crippen molar-refractivity contribution in [2.24, 2.45) is 0 Å². The summed E-state index contributed by atoms with van der Waals surface area (Å²) in [6.07, 6.45) is 15.8. The number of hydroxylamine groups is 2. The van der Waals surface area contributed by atoms with E-state index in [2.05, 4.69) is 24.2 Å². The highest BCUT2D eigenvalue weighted by atomic mass is 16.7. The number of rotatable bonds is 13. The van der Waals surface area contributed by atoms with Gasteiger partial charge < -0.3 is 0 Å². The van der Waals surface area contributed by atoms with Crippen LogP contribution in [0.1, 0.15) is 84.5 Å². The Morgan fingerprint density at radius 2 is 1.50 bits per heavy atom. The lowest BCUT2D eigenvalue weighted by molar-refractivity contribution is -0.167. The fourth-order valence-corrected chi connectivity index (χ4v) is 2.99. The van der Waals surface area contributed by atoms with Crippen LogP contribution in [0, 0.1) is 0 Å². The van der Waals surface area contributed by atoms with Gasteiger partial charge in [-0.05, 0) is 13.3 Å². The fourth-order valence-electron chi connectivity index (χ4n) is 2.99. The first kappa shape index (κ1) is 17.9. The fraction of sp³-hybridized carbons (Fsp3) is 1.00. The number of unbranched alkanes of at least 4 members (excludes halogenated alkanes) is 9. The highest BCUT2D eigenvalue weighted by Gasteiger charge is 2.23. The van der Waals surface area contributed by atoms with Crippen molar-refractivity contribution in [1.82, 2.24) is 10.4 Å². The van der Waals surface area contributed by atoms with Crippen LogP contribution in [0.5, 0.6) is 0 Å². The normalized spacial score (nSPS) is 19.8. The summed E-state index contributed by atoms with van der Waals surface area (Å²) in [5.41, 5.74) is 0. The number of hydrogen-bond acceptors (Lipinski definition) is 3. The standard InChI is InChI=1S/C17H36N2O/c1-3-5-6-7-8-9-10-11-12-13-14-17-18-15-16-19(17)20-4-2/h17-18H,3-16H2,1-2H3. The second-order valence-electron chi connectivity index (χ2n) is 6.00. The molecule has 0 aromatic heterocycles. The zero-order chi connectivity index (χ0) is 14.5. The van der Waals surface area contributed by atoms with Crippen LogP contribution in [0.25, 0.3) is 0 Å². The second-order valence-corrected chi connectivity index (χ2v) is 6.00. The third-order valence-electron chi connectivity index (χ3n) is 4.19. The van der Waals surface area contributed by atoms with Crippen molar-refractivity contribution >= 4 is 0 Å². The molecule has 1 heterocycles. The van der Waals surface area contributed by atoms with Gasteiger partial charge >= 0.3 is 0 Å². The minimum Gasteiger partial charge on any atom is -0.299 e. The molecule has 1 rings (SSSR count). The van der Waals surface area contributed by atoms with E-state index >= 15 is 0 Å². The molecule has 1 atom stereocenters. The summed E-state index contributed by atoms with van der Waals surface area (Å²) >= 11 is 0. The van der Waals surface area contributed by atoms with E-state index in [0.717, 1.165) is 19.7 Å². The summed E-state index contributed by atoms with van der Waals surface area (Å²) in [6, 6.07) is 0. The number of nitrogens with zero attached hydrogens (tertiary/aromatic N) is 1. The molecule has 3 nitrogen and oxygen atoms in total. The van der Waals surface area contributed by atoms with E-state index in [9.17, 15) is 0 Å². The maximum Gasteiger partial charge on any atom is 0.0844 e. The maximum atomic E-state index is 5.63. The Hall–Kier alpha value is -0.120. The molecule has 1 aliphatic rings. The molecule has 1 aliphatic heterocycles. The lowest BCUT2D eigenvalue weighted by Gasteiger charge is -2.22. The van der Waals surface area contributed by atoms with E-state index in [-0.39, 0.29) is 0 Å². The van der Waals surface area contributed by atoms with Gasteiger partial charge in [0.15, 0.2) is 0 Å². The molecule has 0 aromatic carbocycles. The minimum atomic E-state index is 0.462. The zero-order valence-electron chi connectivity index (χ0n) is 13.8. The summed E-state index contributed by atoms with van der Waals surface area (Å²) < 4.78 is 0. The van der Waals surface area contributed by atoms with Crippen molar-refractivity contribution in [1.29, 1.82) is 0 Å². The molecule has 0 spiro atoms. The van der Waals surface area contributed by atoms with E-state index in [1.807, 2.05) is 0 Å². The molecule has 0 saturated carbocycles. The summed E-state index contributed by atoms with van der Waals surface area (Å²) in [7, 11) is 0. The smallest absolute Gasteiger partial charge is 0.0844 e. The van der Waals surface area contributed by atoms with Gasteiger partial charge in [0.25, 0.3) is 0 Å². The quantitative estimate of drug-likeness (QED) is 0.505. The monoisotopic (exact) mass is 284 g/mol. The van der Waals surface area contributed by atoms with Crippen molar-refractivity contribution in [3.8, 4) is 0 Å². The summed E-state index contributed by atoms with van der Waals surface area (Å²) in [5.74, 6) is 0. The lowest BCUT2D eigenvalue weighted by atomic mass is 10.1. The van der Waals surface area contributed by atoms with E-state index in [0.29, 0.717) is 6.17 Å². The average molecular weight is 284 g/mol. The third-order valence-corrected chi connectivity index (χ3v) is 4.19. The van der Waals surface area contributed by atoms with Crippen LogP contribution in [-0.4, -0.2) is 30.9 Å². The first-order chi connectivity index (χ1) is 9.88. The minimum absolute atomic E-state index is 0.462. The molecule has 0 bridgehead atoms. The highest BCUT2D eigenvalue weighted by molar-refractivity contribution is 4.72. The lowest BCUT2D eigenvalue weighted by Crippen LogP contribution is -2.35. The van der Waals surface area contributed by atoms with Crippen molar-refractivity contribution in [2.45, 2.75) is 90.6 Å². The largest absolute Gasteiger partial charge is 0.299 e.